The number of H-pyrrole nitrogens is 1. The van der Waals surface area contributed by atoms with Gasteiger partial charge < -0.3 is 14.5 Å². The maximum Gasteiger partial charge on any atom is 0.260 e. The summed E-state index contributed by atoms with van der Waals surface area (Å²) in [4.78, 5) is 16.9. The molecule has 2 aromatic carbocycles. The normalized spacial score (nSPS) is 16.3. The highest BCUT2D eigenvalue weighted by Crippen LogP contribution is 2.33. The second kappa shape index (κ2) is 9.02. The third kappa shape index (κ3) is 4.47. The fraction of sp³-hybridized carbons (Fsp3) is 0.360. The summed E-state index contributed by atoms with van der Waals surface area (Å²) in [5, 5.41) is 6.93. The molecule has 6 nitrogen and oxygen atoms in total. The Morgan fingerprint density at radius 2 is 1.91 bits per heavy atom. The zero-order chi connectivity index (χ0) is 21.9. The topological polar surface area (TPSA) is 61.5 Å². The predicted octanol–water partition coefficient (Wildman–Crippen LogP) is 3.90. The molecule has 2 aliphatic heterocycles. The third-order valence-corrected chi connectivity index (χ3v) is 6.52. The Balaban J connectivity index is 1.11. The van der Waals surface area contributed by atoms with E-state index in [4.69, 9.17) is 4.74 Å². The van der Waals surface area contributed by atoms with E-state index in [2.05, 4.69) is 33.3 Å². The van der Waals surface area contributed by atoms with Crippen molar-refractivity contribution in [1.29, 1.82) is 0 Å². The average Bonchev–Trinajstić information content (AvgIpc) is 3.49. The van der Waals surface area contributed by atoms with Gasteiger partial charge in [-0.05, 0) is 72.7 Å². The Hall–Kier alpha value is -3.35. The highest BCUT2D eigenvalue weighted by molar-refractivity contribution is 5.77. The quantitative estimate of drug-likeness (QED) is 0.639. The molecule has 32 heavy (non-hydrogen) atoms. The van der Waals surface area contributed by atoms with Crippen molar-refractivity contribution in [1.82, 2.24) is 15.1 Å². The first-order valence-electron chi connectivity index (χ1n) is 11.2. The summed E-state index contributed by atoms with van der Waals surface area (Å²) in [5.74, 6) is 0.769. The molecule has 1 fully saturated rings. The van der Waals surface area contributed by atoms with Crippen molar-refractivity contribution in [3.63, 3.8) is 0 Å². The van der Waals surface area contributed by atoms with Crippen molar-refractivity contribution in [3.05, 3.63) is 66.2 Å². The highest BCUT2D eigenvalue weighted by atomic mass is 19.1. The summed E-state index contributed by atoms with van der Waals surface area (Å²) in [6.45, 7) is 3.60. The molecule has 1 N–H and O–H groups in total. The molecule has 7 heteroatoms. The minimum Gasteiger partial charge on any atom is -0.484 e. The van der Waals surface area contributed by atoms with E-state index < -0.39 is 0 Å². The lowest BCUT2D eigenvalue weighted by molar-refractivity contribution is -0.134. The van der Waals surface area contributed by atoms with Crippen molar-refractivity contribution >= 4 is 11.6 Å². The first kappa shape index (κ1) is 20.5. The van der Waals surface area contributed by atoms with Crippen LogP contribution in [0, 0.1) is 11.7 Å². The number of amides is 1. The van der Waals surface area contributed by atoms with Gasteiger partial charge in [0.15, 0.2) is 6.61 Å². The smallest absolute Gasteiger partial charge is 0.260 e. The Labute approximate surface area is 187 Å². The van der Waals surface area contributed by atoms with Crippen LogP contribution >= 0.6 is 0 Å². The summed E-state index contributed by atoms with van der Waals surface area (Å²) in [6, 6.07) is 12.4. The van der Waals surface area contributed by atoms with E-state index in [0.717, 1.165) is 51.0 Å². The number of rotatable bonds is 6. The molecule has 1 saturated heterocycles. The van der Waals surface area contributed by atoms with Gasteiger partial charge in [0.2, 0.25) is 0 Å². The van der Waals surface area contributed by atoms with Crippen LogP contribution in [0.2, 0.25) is 0 Å². The van der Waals surface area contributed by atoms with Gasteiger partial charge in [0.25, 0.3) is 5.91 Å². The molecular weight excluding hydrogens is 407 g/mol. The van der Waals surface area contributed by atoms with Crippen LogP contribution in [0.15, 0.2) is 54.9 Å². The number of hydrogen-bond acceptors (Lipinski definition) is 4. The van der Waals surface area contributed by atoms with Gasteiger partial charge in [0, 0.05) is 43.6 Å². The van der Waals surface area contributed by atoms with E-state index >= 15 is 0 Å². The third-order valence-electron chi connectivity index (χ3n) is 6.52. The fourth-order valence-electron chi connectivity index (χ4n) is 4.69. The second-order valence-electron chi connectivity index (χ2n) is 8.59. The molecule has 166 valence electrons. The van der Waals surface area contributed by atoms with Crippen molar-refractivity contribution in [2.24, 2.45) is 5.92 Å². The fourth-order valence-corrected chi connectivity index (χ4v) is 4.69. The van der Waals surface area contributed by atoms with Crippen LogP contribution in [0.1, 0.15) is 18.4 Å². The lowest BCUT2D eigenvalue weighted by Crippen LogP contribution is -2.43. The maximum atomic E-state index is 13.0. The monoisotopic (exact) mass is 434 g/mol. The Kier molecular flexibility index (Phi) is 5.79. The summed E-state index contributed by atoms with van der Waals surface area (Å²) in [6.07, 6.45) is 6.85. The summed E-state index contributed by atoms with van der Waals surface area (Å²) in [7, 11) is 0. The summed E-state index contributed by atoms with van der Waals surface area (Å²) < 4.78 is 18.5. The number of nitrogens with zero attached hydrogens (tertiary/aromatic N) is 3. The molecule has 0 bridgehead atoms. The van der Waals surface area contributed by atoms with E-state index in [1.54, 1.807) is 12.1 Å². The zero-order valence-corrected chi connectivity index (χ0v) is 18.0. The van der Waals surface area contributed by atoms with E-state index in [0.29, 0.717) is 11.7 Å². The average molecular weight is 435 g/mol. The van der Waals surface area contributed by atoms with Gasteiger partial charge in [-0.25, -0.2) is 4.39 Å². The molecule has 3 heterocycles. The van der Waals surface area contributed by atoms with Crippen LogP contribution in [0.25, 0.3) is 11.1 Å². The van der Waals surface area contributed by atoms with Gasteiger partial charge in [-0.2, -0.15) is 5.10 Å². The Morgan fingerprint density at radius 3 is 2.66 bits per heavy atom. The van der Waals surface area contributed by atoms with Crippen LogP contribution in [-0.2, 0) is 11.2 Å². The Bertz CT molecular complexity index is 1060. The number of aromatic nitrogens is 2. The molecule has 1 amide bonds. The number of hydrogen-bond donors (Lipinski definition) is 1. The molecule has 0 aliphatic carbocycles. The number of halogens is 1. The van der Waals surface area contributed by atoms with Gasteiger partial charge >= 0.3 is 0 Å². The van der Waals surface area contributed by atoms with E-state index in [-0.39, 0.29) is 18.3 Å². The first-order valence-corrected chi connectivity index (χ1v) is 11.2. The summed E-state index contributed by atoms with van der Waals surface area (Å²) >= 11 is 0. The summed E-state index contributed by atoms with van der Waals surface area (Å²) in [5.41, 5.74) is 5.05. The van der Waals surface area contributed by atoms with E-state index in [1.165, 1.54) is 28.9 Å². The highest BCUT2D eigenvalue weighted by Gasteiger charge is 2.27. The molecule has 3 aromatic rings. The van der Waals surface area contributed by atoms with Crippen LogP contribution < -0.4 is 9.64 Å². The van der Waals surface area contributed by atoms with Crippen LogP contribution in [0.5, 0.6) is 5.75 Å². The minimum atomic E-state index is -0.315. The number of aromatic amines is 1. The zero-order valence-electron chi connectivity index (χ0n) is 18.0. The second-order valence-corrected chi connectivity index (χ2v) is 8.59. The van der Waals surface area contributed by atoms with Crippen LogP contribution in [0.4, 0.5) is 10.1 Å². The van der Waals surface area contributed by atoms with E-state index in [1.807, 2.05) is 17.3 Å². The van der Waals surface area contributed by atoms with Gasteiger partial charge in [-0.1, -0.05) is 6.07 Å². The van der Waals surface area contributed by atoms with Gasteiger partial charge in [0.05, 0.1) is 6.20 Å². The lowest BCUT2D eigenvalue weighted by atomic mass is 9.96. The number of carbonyl (C=O) groups excluding carboxylic acids is 1. The molecule has 0 unspecified atom stereocenters. The number of likely N-dealkylation sites (tertiary alicyclic amines) is 1. The number of ether oxygens (including phenoxy) is 1. The molecule has 0 atom stereocenters. The Morgan fingerprint density at radius 1 is 1.09 bits per heavy atom. The molecular formula is C25H27FN4O2. The van der Waals surface area contributed by atoms with Gasteiger partial charge in [-0.3, -0.25) is 9.89 Å². The lowest BCUT2D eigenvalue weighted by Gasteiger charge is -2.34. The van der Waals surface area contributed by atoms with E-state index in [9.17, 15) is 9.18 Å². The molecule has 0 radical (unpaired) electrons. The van der Waals surface area contributed by atoms with Crippen LogP contribution in [-0.4, -0.2) is 53.8 Å². The molecule has 1 aromatic heterocycles. The number of benzene rings is 2. The number of carbonyl (C=O) groups is 1. The molecule has 0 spiro atoms. The largest absolute Gasteiger partial charge is 0.484 e. The molecule has 2 aliphatic rings. The minimum absolute atomic E-state index is 0.00516. The standard InChI is InChI=1S/C25H27FN4O2/c26-22-2-4-23(5-3-22)32-17-25(31)29-10-7-18(8-11-29)16-30-12-9-20-13-19(1-6-24(20)30)21-14-27-28-15-21/h1-6,13-15,18H,7-12,16-17H2,(H,27,28). The van der Waals surface area contributed by atoms with Gasteiger partial charge in [0.1, 0.15) is 11.6 Å². The number of piperidine rings is 1. The number of anilines is 1. The molecule has 0 saturated carbocycles. The molecule has 5 rings (SSSR count). The van der Waals surface area contributed by atoms with Crippen molar-refractivity contribution in [2.75, 3.05) is 37.7 Å². The first-order chi connectivity index (χ1) is 15.7. The van der Waals surface area contributed by atoms with Crippen molar-refractivity contribution in [2.45, 2.75) is 19.3 Å². The van der Waals surface area contributed by atoms with Crippen LogP contribution in [0.3, 0.4) is 0 Å². The maximum absolute atomic E-state index is 13.0. The van der Waals surface area contributed by atoms with Gasteiger partial charge in [-0.15, -0.1) is 0 Å². The predicted molar refractivity (Wildman–Crippen MR) is 121 cm³/mol. The number of nitrogens with one attached hydrogen (secondary N) is 1. The van der Waals surface area contributed by atoms with Crippen molar-refractivity contribution in [3.8, 4) is 16.9 Å². The SMILES string of the molecule is O=C(COc1ccc(F)cc1)N1CCC(CN2CCc3cc(-c4cn[nH]c4)ccc32)CC1. The van der Waals surface area contributed by atoms with Crippen molar-refractivity contribution < 1.29 is 13.9 Å². The number of fused-ring (bicyclic) bond motifs is 1.